The van der Waals surface area contributed by atoms with Gasteiger partial charge in [-0.25, -0.2) is 4.98 Å². The van der Waals surface area contributed by atoms with Crippen LogP contribution in [0.5, 0.6) is 0 Å². The third kappa shape index (κ3) is 4.72. The van der Waals surface area contributed by atoms with Crippen molar-refractivity contribution in [3.8, 4) is 22.8 Å². The first-order valence-corrected chi connectivity index (χ1v) is 17.0. The van der Waals surface area contributed by atoms with Crippen LogP contribution in [-0.2, 0) is 0 Å². The first-order valence-electron chi connectivity index (χ1n) is 14.7. The van der Waals surface area contributed by atoms with Gasteiger partial charge in [0.05, 0.1) is 0 Å². The minimum Gasteiger partial charge on any atom is -0.454 e. The second kappa shape index (κ2) is 11.2. The van der Waals surface area contributed by atoms with E-state index < -0.39 is 8.07 Å². The number of hydrogen-bond acceptors (Lipinski definition) is 5. The second-order valence-electron chi connectivity index (χ2n) is 10.8. The molecule has 5 aromatic carbocycles. The van der Waals surface area contributed by atoms with Gasteiger partial charge in [-0.15, -0.1) is 0 Å². The van der Waals surface area contributed by atoms with Crippen molar-refractivity contribution in [3.05, 3.63) is 157 Å². The van der Waals surface area contributed by atoms with Gasteiger partial charge in [-0.2, -0.15) is 9.97 Å². The number of halogens is 1. The fourth-order valence-electron chi connectivity index (χ4n) is 6.28. The van der Waals surface area contributed by atoms with Gasteiger partial charge < -0.3 is 4.42 Å². The standard InChI is InChI=1S/C38H25ClN4OSi/c39-38-42-36(41-37(43-38)27-20-23-32-34(25-27)44-33-17-10-24-40-35(32)33)26-18-21-31(22-19-26)45(28-11-4-1-5-12-28,29-13-6-2-7-14-29)30-15-8-3-9-16-30/h1-25H. The normalized spacial score (nSPS) is 11.7. The maximum Gasteiger partial charge on any atom is 0.226 e. The van der Waals surface area contributed by atoms with Gasteiger partial charge in [-0.3, -0.25) is 4.98 Å². The molecule has 0 spiro atoms. The van der Waals surface area contributed by atoms with E-state index in [1.165, 1.54) is 20.7 Å². The molecule has 0 saturated heterocycles. The summed E-state index contributed by atoms with van der Waals surface area (Å²) in [7, 11) is -2.63. The molecule has 0 aliphatic rings. The Morgan fingerprint density at radius 3 is 1.62 bits per heavy atom. The highest BCUT2D eigenvalue weighted by molar-refractivity contribution is 7.19. The van der Waals surface area contributed by atoms with Crippen LogP contribution >= 0.6 is 11.6 Å². The number of benzene rings is 5. The Balaban J connectivity index is 1.24. The smallest absolute Gasteiger partial charge is 0.226 e. The highest BCUT2D eigenvalue weighted by Gasteiger charge is 2.41. The van der Waals surface area contributed by atoms with Crippen LogP contribution in [0.2, 0.25) is 5.28 Å². The zero-order valence-corrected chi connectivity index (χ0v) is 25.8. The lowest BCUT2D eigenvalue weighted by Crippen LogP contribution is -2.74. The van der Waals surface area contributed by atoms with Gasteiger partial charge in [-0.1, -0.05) is 121 Å². The van der Waals surface area contributed by atoms with E-state index in [4.69, 9.17) is 21.0 Å². The van der Waals surface area contributed by atoms with Gasteiger partial charge in [-0.05, 0) is 56.6 Å². The number of hydrogen-bond donors (Lipinski definition) is 0. The van der Waals surface area contributed by atoms with E-state index in [-0.39, 0.29) is 5.28 Å². The molecule has 0 aliphatic carbocycles. The molecular weight excluding hydrogens is 592 g/mol. The Bertz CT molecular complexity index is 2180. The second-order valence-corrected chi connectivity index (χ2v) is 15.0. The van der Waals surface area contributed by atoms with Crippen LogP contribution in [0.3, 0.4) is 0 Å². The molecule has 0 bridgehead atoms. The maximum absolute atomic E-state index is 6.49. The summed E-state index contributed by atoms with van der Waals surface area (Å²) >= 11 is 6.49. The van der Waals surface area contributed by atoms with Crippen molar-refractivity contribution in [2.45, 2.75) is 0 Å². The summed E-state index contributed by atoms with van der Waals surface area (Å²) in [5.41, 5.74) is 3.92. The summed E-state index contributed by atoms with van der Waals surface area (Å²) in [6.07, 6.45) is 1.76. The Labute approximate surface area is 265 Å². The molecule has 0 atom stereocenters. The fraction of sp³-hybridized carbons (Fsp3) is 0. The fourth-order valence-corrected chi connectivity index (χ4v) is 11.2. The van der Waals surface area contributed by atoms with Crippen molar-refractivity contribution in [3.63, 3.8) is 0 Å². The van der Waals surface area contributed by atoms with Crippen LogP contribution in [0.15, 0.2) is 156 Å². The zero-order valence-electron chi connectivity index (χ0n) is 24.0. The molecule has 0 N–H and O–H groups in total. The van der Waals surface area contributed by atoms with Gasteiger partial charge in [0.2, 0.25) is 5.28 Å². The lowest BCUT2D eigenvalue weighted by atomic mass is 10.1. The largest absolute Gasteiger partial charge is 0.454 e. The molecule has 45 heavy (non-hydrogen) atoms. The Kier molecular flexibility index (Phi) is 6.78. The first kappa shape index (κ1) is 27.1. The molecule has 7 heteroatoms. The minimum atomic E-state index is -2.63. The number of fused-ring (bicyclic) bond motifs is 3. The monoisotopic (exact) mass is 616 g/mol. The van der Waals surface area contributed by atoms with Crippen LogP contribution < -0.4 is 20.7 Å². The van der Waals surface area contributed by atoms with Gasteiger partial charge in [0, 0.05) is 22.7 Å². The Hall–Kier alpha value is -5.43. The molecule has 0 aliphatic heterocycles. The molecular formula is C38H25ClN4OSi. The van der Waals surface area contributed by atoms with E-state index in [0.717, 1.165) is 27.6 Å². The van der Waals surface area contributed by atoms with Gasteiger partial charge in [0.15, 0.2) is 25.3 Å². The number of rotatable bonds is 6. The summed E-state index contributed by atoms with van der Waals surface area (Å²) in [5.74, 6) is 0.986. The van der Waals surface area contributed by atoms with E-state index in [1.54, 1.807) is 6.20 Å². The average molecular weight is 617 g/mol. The van der Waals surface area contributed by atoms with Crippen LogP contribution in [0.25, 0.3) is 44.8 Å². The van der Waals surface area contributed by atoms with Crippen molar-refractivity contribution in [2.24, 2.45) is 0 Å². The predicted molar refractivity (Wildman–Crippen MR) is 184 cm³/mol. The van der Waals surface area contributed by atoms with Crippen molar-refractivity contribution >= 4 is 62.5 Å². The lowest BCUT2D eigenvalue weighted by Gasteiger charge is -2.34. The highest BCUT2D eigenvalue weighted by Crippen LogP contribution is 2.31. The van der Waals surface area contributed by atoms with Crippen molar-refractivity contribution in [1.29, 1.82) is 0 Å². The molecule has 0 radical (unpaired) electrons. The molecule has 0 unspecified atom stereocenters. The molecule has 3 aromatic heterocycles. The molecule has 214 valence electrons. The van der Waals surface area contributed by atoms with E-state index in [1.807, 2.05) is 30.3 Å². The quantitative estimate of drug-likeness (QED) is 0.157. The molecule has 0 fully saturated rings. The van der Waals surface area contributed by atoms with Crippen LogP contribution in [0.1, 0.15) is 0 Å². The molecule has 0 saturated carbocycles. The van der Waals surface area contributed by atoms with Gasteiger partial charge in [0.25, 0.3) is 0 Å². The summed E-state index contributed by atoms with van der Waals surface area (Å²) in [4.78, 5) is 18.3. The van der Waals surface area contributed by atoms with E-state index in [0.29, 0.717) is 17.2 Å². The van der Waals surface area contributed by atoms with Crippen LogP contribution in [0.4, 0.5) is 0 Å². The average Bonchev–Trinajstić information content (AvgIpc) is 3.48. The lowest BCUT2D eigenvalue weighted by molar-refractivity contribution is 0.668. The van der Waals surface area contributed by atoms with Crippen LogP contribution in [-0.4, -0.2) is 28.0 Å². The highest BCUT2D eigenvalue weighted by atomic mass is 35.5. The number of furan rings is 1. The minimum absolute atomic E-state index is 0.132. The van der Waals surface area contributed by atoms with Gasteiger partial charge in [0.1, 0.15) is 11.1 Å². The third-order valence-corrected chi connectivity index (χ3v) is 13.3. The number of aromatic nitrogens is 4. The van der Waals surface area contributed by atoms with E-state index in [9.17, 15) is 0 Å². The maximum atomic E-state index is 6.49. The summed E-state index contributed by atoms with van der Waals surface area (Å²) in [5, 5.41) is 6.28. The molecule has 0 amide bonds. The molecule has 3 heterocycles. The number of pyridine rings is 1. The van der Waals surface area contributed by atoms with Crippen molar-refractivity contribution in [2.75, 3.05) is 0 Å². The topological polar surface area (TPSA) is 64.7 Å². The first-order chi connectivity index (χ1) is 22.2. The molecule has 8 rings (SSSR count). The van der Waals surface area contributed by atoms with Gasteiger partial charge >= 0.3 is 0 Å². The van der Waals surface area contributed by atoms with Crippen molar-refractivity contribution < 1.29 is 4.42 Å². The third-order valence-electron chi connectivity index (χ3n) is 8.29. The summed E-state index contributed by atoms with van der Waals surface area (Å²) in [6, 6.07) is 50.8. The Morgan fingerprint density at radius 1 is 0.489 bits per heavy atom. The Morgan fingerprint density at radius 2 is 1.02 bits per heavy atom. The SMILES string of the molecule is Clc1nc(-c2ccc([Si](c3ccccc3)(c3ccccc3)c3ccccc3)cc2)nc(-c2ccc3c(c2)oc2cccnc23)n1. The zero-order chi connectivity index (χ0) is 30.2. The van der Waals surface area contributed by atoms with Crippen molar-refractivity contribution in [1.82, 2.24) is 19.9 Å². The summed E-state index contributed by atoms with van der Waals surface area (Å²) in [6.45, 7) is 0. The predicted octanol–water partition coefficient (Wildman–Crippen LogP) is 6.53. The van der Waals surface area contributed by atoms with E-state index in [2.05, 4.69) is 130 Å². The molecule has 5 nitrogen and oxygen atoms in total. The number of nitrogens with zero attached hydrogens (tertiary/aromatic N) is 4. The van der Waals surface area contributed by atoms with Crippen LogP contribution in [0, 0.1) is 0 Å². The summed E-state index contributed by atoms with van der Waals surface area (Å²) < 4.78 is 6.05. The molecule has 8 aromatic rings. The van der Waals surface area contributed by atoms with E-state index >= 15 is 0 Å².